The number of allylic oxidation sites excluding steroid dienone is 2. The van der Waals surface area contributed by atoms with E-state index in [0.29, 0.717) is 73.0 Å². The molecule has 5 heterocycles. The van der Waals surface area contributed by atoms with Crippen molar-refractivity contribution in [3.05, 3.63) is 102 Å². The first kappa shape index (κ1) is 36.8. The van der Waals surface area contributed by atoms with Gasteiger partial charge in [-0.05, 0) is 103 Å². The minimum Gasteiger partial charge on any atom is -0.378 e. The van der Waals surface area contributed by atoms with E-state index in [-0.39, 0.29) is 16.9 Å². The van der Waals surface area contributed by atoms with E-state index in [1.54, 1.807) is 65.5 Å². The maximum Gasteiger partial charge on any atom is 0.393 e. The molecule has 12 heteroatoms. The monoisotopic (exact) mass is 731 g/mol. The van der Waals surface area contributed by atoms with Gasteiger partial charge in [-0.3, -0.25) is 4.79 Å². The van der Waals surface area contributed by atoms with Crippen LogP contribution in [0.2, 0.25) is 0 Å². The van der Waals surface area contributed by atoms with Crippen LogP contribution < -0.4 is 4.90 Å². The summed E-state index contributed by atoms with van der Waals surface area (Å²) >= 11 is 0. The summed E-state index contributed by atoms with van der Waals surface area (Å²) in [6, 6.07) is 17.3. The molecular weight excluding hydrogens is 686 g/mol. The third-order valence-electron chi connectivity index (χ3n) is 10.4. The molecule has 280 valence electrons. The van der Waals surface area contributed by atoms with Crippen molar-refractivity contribution < 1.29 is 31.8 Å². The van der Waals surface area contributed by atoms with Gasteiger partial charge in [0.05, 0.1) is 30.5 Å². The highest BCUT2D eigenvalue weighted by Gasteiger charge is 2.32. The van der Waals surface area contributed by atoms with Gasteiger partial charge in [-0.1, -0.05) is 42.5 Å². The smallest absolute Gasteiger partial charge is 0.378 e. The van der Waals surface area contributed by atoms with Crippen LogP contribution in [0.25, 0.3) is 22.0 Å². The molecule has 0 N–H and O–H groups in total. The molecule has 0 saturated carbocycles. The number of halogens is 4. The molecule has 0 radical (unpaired) electrons. The summed E-state index contributed by atoms with van der Waals surface area (Å²) < 4.78 is 71.2. The first-order valence-electron chi connectivity index (χ1n) is 18.6. The highest BCUT2D eigenvalue weighted by Crippen LogP contribution is 2.41. The summed E-state index contributed by atoms with van der Waals surface area (Å²) in [5, 5.41) is 4.38. The number of amides is 1. The number of carbonyl (C=O) groups is 1. The molecule has 2 atom stereocenters. The summed E-state index contributed by atoms with van der Waals surface area (Å²) in [5.41, 5.74) is 2.32. The maximum atomic E-state index is 15.5. The fourth-order valence-electron chi connectivity index (χ4n) is 7.72. The lowest BCUT2D eigenvalue weighted by Gasteiger charge is -2.33. The summed E-state index contributed by atoms with van der Waals surface area (Å²) in [6.45, 7) is 4.58. The first-order chi connectivity index (χ1) is 25.7. The third kappa shape index (κ3) is 8.98. The van der Waals surface area contributed by atoms with Gasteiger partial charge >= 0.3 is 6.18 Å². The zero-order valence-corrected chi connectivity index (χ0v) is 29.7. The molecule has 4 aromatic rings. The highest BCUT2D eigenvalue weighted by molar-refractivity contribution is 6.00. The van der Waals surface area contributed by atoms with Crippen LogP contribution in [0.15, 0.2) is 79.0 Å². The standard InChI is InChI=1S/C41H45F4N5O3/c42-40-33-25-31(15-17-35(33)50(47-40)38-14-6-7-22-53-38)39(34(26-41(43,44)45)30-11-2-1-3-12-30)32-16-18-36(46-27-32)49-19-8-10-29(28-49)9-4-5-13-37(51)48-20-23-52-24-21-48/h1-3,5,11-13,15-18,25,27,29,38H,4,6-10,14,19-24,26,28H2/b13-5+,39-34-/t29-,38?/m0/s1. The average Bonchev–Trinajstić information content (AvgIpc) is 3.52. The number of anilines is 1. The molecule has 0 bridgehead atoms. The highest BCUT2D eigenvalue weighted by atomic mass is 19.4. The van der Waals surface area contributed by atoms with Gasteiger partial charge in [0, 0.05) is 44.5 Å². The van der Waals surface area contributed by atoms with Crippen LogP contribution in [0, 0.1) is 11.9 Å². The maximum absolute atomic E-state index is 15.5. The van der Waals surface area contributed by atoms with E-state index < -0.39 is 24.8 Å². The van der Waals surface area contributed by atoms with Crippen LogP contribution in [0.5, 0.6) is 0 Å². The van der Waals surface area contributed by atoms with Crippen LogP contribution in [0.1, 0.15) is 74.3 Å². The van der Waals surface area contributed by atoms with Crippen molar-refractivity contribution in [1.82, 2.24) is 19.7 Å². The number of hydrogen-bond donors (Lipinski definition) is 0. The van der Waals surface area contributed by atoms with Crippen LogP contribution in [0.4, 0.5) is 23.4 Å². The number of hydrogen-bond acceptors (Lipinski definition) is 6. The summed E-state index contributed by atoms with van der Waals surface area (Å²) in [4.78, 5) is 21.3. The van der Waals surface area contributed by atoms with Crippen molar-refractivity contribution >= 4 is 33.8 Å². The molecule has 1 amide bonds. The van der Waals surface area contributed by atoms with Gasteiger partial charge in [-0.2, -0.15) is 17.6 Å². The van der Waals surface area contributed by atoms with Gasteiger partial charge in [0.15, 0.2) is 6.23 Å². The fourth-order valence-corrected chi connectivity index (χ4v) is 7.72. The van der Waals surface area contributed by atoms with Gasteiger partial charge in [0.25, 0.3) is 0 Å². The molecule has 2 aromatic carbocycles. The lowest BCUT2D eigenvalue weighted by molar-refractivity contribution is -0.130. The molecule has 3 saturated heterocycles. The second-order valence-corrected chi connectivity index (χ2v) is 14.1. The Morgan fingerprint density at radius 3 is 2.45 bits per heavy atom. The van der Waals surface area contributed by atoms with E-state index in [1.807, 2.05) is 23.1 Å². The Labute approximate surface area is 307 Å². The zero-order chi connectivity index (χ0) is 36.8. The lowest BCUT2D eigenvalue weighted by Crippen LogP contribution is -2.39. The Morgan fingerprint density at radius 1 is 0.906 bits per heavy atom. The lowest BCUT2D eigenvalue weighted by atomic mass is 9.88. The summed E-state index contributed by atoms with van der Waals surface area (Å²) in [6.07, 6.45) is 5.56. The molecule has 3 fully saturated rings. The molecular formula is C41H45F4N5O3. The number of ether oxygens (including phenoxy) is 2. The van der Waals surface area contributed by atoms with Gasteiger partial charge in [-0.15, -0.1) is 5.10 Å². The fraction of sp³-hybridized carbons (Fsp3) is 0.439. The number of fused-ring (bicyclic) bond motifs is 1. The van der Waals surface area contributed by atoms with E-state index >= 15 is 4.39 Å². The minimum atomic E-state index is -4.50. The number of rotatable bonds is 10. The second-order valence-electron chi connectivity index (χ2n) is 14.1. The number of morpholine rings is 1. The molecule has 3 aliphatic heterocycles. The third-order valence-corrected chi connectivity index (χ3v) is 10.4. The van der Waals surface area contributed by atoms with Crippen molar-refractivity contribution in [2.45, 2.75) is 63.8 Å². The molecule has 7 rings (SSSR count). The summed E-state index contributed by atoms with van der Waals surface area (Å²) in [7, 11) is 0. The molecule has 53 heavy (non-hydrogen) atoms. The average molecular weight is 732 g/mol. The minimum absolute atomic E-state index is 0.0242. The molecule has 1 unspecified atom stereocenters. The number of piperidine rings is 1. The van der Waals surface area contributed by atoms with E-state index in [2.05, 4.69) is 10.00 Å². The molecule has 3 aliphatic rings. The van der Waals surface area contributed by atoms with Gasteiger partial charge in [0.2, 0.25) is 11.9 Å². The predicted molar refractivity (Wildman–Crippen MR) is 197 cm³/mol. The molecule has 0 spiro atoms. The van der Waals surface area contributed by atoms with Crippen molar-refractivity contribution in [3.63, 3.8) is 0 Å². The normalized spacial score (nSPS) is 20.6. The molecule has 0 aliphatic carbocycles. The number of pyridine rings is 1. The van der Waals surface area contributed by atoms with Gasteiger partial charge < -0.3 is 19.3 Å². The number of alkyl halides is 3. The van der Waals surface area contributed by atoms with E-state index in [0.717, 1.165) is 57.4 Å². The van der Waals surface area contributed by atoms with Crippen LogP contribution in [-0.4, -0.2) is 77.7 Å². The van der Waals surface area contributed by atoms with Crippen LogP contribution in [-0.2, 0) is 14.3 Å². The topological polar surface area (TPSA) is 72.7 Å². The first-order valence-corrected chi connectivity index (χ1v) is 18.6. The Kier molecular flexibility index (Phi) is 11.5. The number of aromatic nitrogens is 3. The van der Waals surface area contributed by atoms with Crippen molar-refractivity contribution in [2.75, 3.05) is 50.9 Å². The van der Waals surface area contributed by atoms with Crippen molar-refractivity contribution in [3.8, 4) is 0 Å². The Bertz CT molecular complexity index is 1910. The van der Waals surface area contributed by atoms with Crippen molar-refractivity contribution in [2.24, 2.45) is 5.92 Å². The molecule has 2 aromatic heterocycles. The van der Waals surface area contributed by atoms with E-state index in [9.17, 15) is 18.0 Å². The molecule has 8 nitrogen and oxygen atoms in total. The van der Waals surface area contributed by atoms with Gasteiger partial charge in [-0.25, -0.2) is 9.67 Å². The zero-order valence-electron chi connectivity index (χ0n) is 29.7. The largest absolute Gasteiger partial charge is 0.393 e. The number of benzene rings is 2. The quantitative estimate of drug-likeness (QED) is 0.0925. The van der Waals surface area contributed by atoms with E-state index in [4.69, 9.17) is 14.5 Å². The van der Waals surface area contributed by atoms with Gasteiger partial charge in [0.1, 0.15) is 5.82 Å². The predicted octanol–water partition coefficient (Wildman–Crippen LogP) is 8.59. The Morgan fingerprint density at radius 2 is 1.72 bits per heavy atom. The Hall–Kier alpha value is -4.55. The Balaban J connectivity index is 1.16. The second kappa shape index (κ2) is 16.6. The van der Waals surface area contributed by atoms with Crippen LogP contribution in [0.3, 0.4) is 0 Å². The van der Waals surface area contributed by atoms with E-state index in [1.165, 1.54) is 0 Å². The van der Waals surface area contributed by atoms with Crippen LogP contribution >= 0.6 is 0 Å². The SMILES string of the molecule is O=C(/C=C/CC[C@H]1CCCN(c2ccc(/C(=C(/CC(F)(F)F)c3ccccc3)c3ccc4c(c3)c(F)nn4C3CCCCO3)cn2)C1)N1CCOCC1. The number of carbonyl (C=O) groups excluding carboxylic acids is 1. The summed E-state index contributed by atoms with van der Waals surface area (Å²) in [5.74, 6) is 0.501. The number of nitrogens with zero attached hydrogens (tertiary/aromatic N) is 5. The van der Waals surface area contributed by atoms with Crippen molar-refractivity contribution in [1.29, 1.82) is 0 Å².